The highest BCUT2D eigenvalue weighted by molar-refractivity contribution is 6.01. The lowest BCUT2D eigenvalue weighted by Gasteiger charge is -2.36. The van der Waals surface area contributed by atoms with E-state index in [-0.39, 0.29) is 5.69 Å². The van der Waals surface area contributed by atoms with Crippen molar-refractivity contribution in [1.29, 1.82) is 0 Å². The van der Waals surface area contributed by atoms with Crippen molar-refractivity contribution in [2.24, 2.45) is 0 Å². The molecule has 0 saturated carbocycles. The predicted octanol–water partition coefficient (Wildman–Crippen LogP) is 6.65. The second-order valence-electron chi connectivity index (χ2n) is 7.38. The Labute approximate surface area is 200 Å². The third-order valence-corrected chi connectivity index (χ3v) is 4.91. The second-order valence-corrected chi connectivity index (χ2v) is 7.38. The van der Waals surface area contributed by atoms with Gasteiger partial charge in [0.05, 0.1) is 5.56 Å². The fraction of sp³-hybridized carbons (Fsp3) is 0.120. The average Bonchev–Trinajstić information content (AvgIpc) is 2.81. The Morgan fingerprint density at radius 3 is 1.83 bits per heavy atom. The van der Waals surface area contributed by atoms with Gasteiger partial charge in [-0.15, -0.1) is 0 Å². The molecule has 0 saturated heterocycles. The normalized spacial score (nSPS) is 12.4. The second kappa shape index (κ2) is 10.2. The van der Waals surface area contributed by atoms with Crippen LogP contribution in [0.3, 0.4) is 0 Å². The number of hydrogen-bond donors (Lipinski definition) is 1. The Balaban J connectivity index is 1.91. The van der Waals surface area contributed by atoms with Gasteiger partial charge in [0.1, 0.15) is 5.82 Å². The van der Waals surface area contributed by atoms with Crippen molar-refractivity contribution in [2.75, 3.05) is 5.32 Å². The van der Waals surface area contributed by atoms with Crippen molar-refractivity contribution in [3.8, 4) is 0 Å². The van der Waals surface area contributed by atoms with Crippen molar-refractivity contribution >= 4 is 23.6 Å². The molecule has 1 amide bonds. The topological polar surface area (TPSA) is 55.4 Å². The summed E-state index contributed by atoms with van der Waals surface area (Å²) in [6.07, 6.45) is -9.66. The number of amides is 1. The van der Waals surface area contributed by atoms with Gasteiger partial charge >= 0.3 is 23.9 Å². The number of nitrogens with one attached hydrogen (secondary N) is 1. The maximum absolute atomic E-state index is 13.9. The summed E-state index contributed by atoms with van der Waals surface area (Å²) in [5.41, 5.74) is -6.61. The highest BCUT2D eigenvalue weighted by Crippen LogP contribution is 2.53. The summed E-state index contributed by atoms with van der Waals surface area (Å²) < 4.78 is 101. The van der Waals surface area contributed by atoms with Crippen molar-refractivity contribution in [3.05, 3.63) is 107 Å². The van der Waals surface area contributed by atoms with E-state index >= 15 is 0 Å². The van der Waals surface area contributed by atoms with Crippen LogP contribution in [0.25, 0.3) is 6.08 Å². The Morgan fingerprint density at radius 2 is 1.31 bits per heavy atom. The highest BCUT2D eigenvalue weighted by atomic mass is 19.4. The van der Waals surface area contributed by atoms with Gasteiger partial charge in [0.25, 0.3) is 0 Å². The van der Waals surface area contributed by atoms with Gasteiger partial charge in [0, 0.05) is 17.3 Å². The van der Waals surface area contributed by atoms with Crippen LogP contribution in [0.2, 0.25) is 0 Å². The molecule has 0 atom stereocenters. The van der Waals surface area contributed by atoms with Gasteiger partial charge in [-0.25, -0.2) is 9.18 Å². The zero-order valence-corrected chi connectivity index (χ0v) is 18.0. The zero-order valence-electron chi connectivity index (χ0n) is 18.0. The third kappa shape index (κ3) is 5.73. The van der Waals surface area contributed by atoms with Crippen molar-refractivity contribution in [1.82, 2.24) is 0 Å². The zero-order chi connectivity index (χ0) is 26.6. The average molecular weight is 511 g/mol. The third-order valence-electron chi connectivity index (χ3n) is 4.91. The maximum Gasteiger partial charge on any atom is 0.442 e. The summed E-state index contributed by atoms with van der Waals surface area (Å²) in [4.78, 5) is 24.3. The molecular weight excluding hydrogens is 495 g/mol. The van der Waals surface area contributed by atoms with E-state index in [2.05, 4.69) is 10.1 Å². The van der Waals surface area contributed by atoms with Crippen LogP contribution in [0.4, 0.5) is 36.4 Å². The van der Waals surface area contributed by atoms with Gasteiger partial charge < -0.3 is 10.1 Å². The molecule has 36 heavy (non-hydrogen) atoms. The predicted molar refractivity (Wildman–Crippen MR) is 116 cm³/mol. The van der Waals surface area contributed by atoms with Gasteiger partial charge in [-0.05, 0) is 48.0 Å². The van der Waals surface area contributed by atoms with E-state index in [1.54, 1.807) is 30.3 Å². The molecule has 3 rings (SSSR count). The number of rotatable bonds is 6. The van der Waals surface area contributed by atoms with E-state index in [1.807, 2.05) is 0 Å². The minimum Gasteiger partial charge on any atom is -0.431 e. The molecule has 0 spiro atoms. The van der Waals surface area contributed by atoms with Crippen molar-refractivity contribution < 1.29 is 45.1 Å². The van der Waals surface area contributed by atoms with E-state index in [1.165, 1.54) is 6.08 Å². The number of benzene rings is 3. The number of anilines is 1. The standard InChI is InChI=1S/C25H16F7NO3/c26-19-11-7-17(8-12-19)22(35)36-23(24(27,28)29,25(30,31)32)18-9-13-20(14-10-18)33-21(34)15-6-16-4-2-1-3-5-16/h1-15H,(H,33,34). The van der Waals surface area contributed by atoms with Crippen LogP contribution in [0.15, 0.2) is 84.9 Å². The molecule has 0 bridgehead atoms. The molecule has 0 aromatic heterocycles. The molecule has 3 aromatic rings. The van der Waals surface area contributed by atoms with Crippen LogP contribution < -0.4 is 5.32 Å². The van der Waals surface area contributed by atoms with Gasteiger partial charge in [-0.3, -0.25) is 4.79 Å². The first kappa shape index (κ1) is 26.5. The SMILES string of the molecule is O=C(C=Cc1ccccc1)Nc1ccc(C(OC(=O)c2ccc(F)cc2)(C(F)(F)F)C(F)(F)F)cc1. The first-order valence-electron chi connectivity index (χ1n) is 10.1. The number of hydrogen-bond acceptors (Lipinski definition) is 3. The van der Waals surface area contributed by atoms with E-state index in [0.717, 1.165) is 18.2 Å². The van der Waals surface area contributed by atoms with Gasteiger partial charge in [0.2, 0.25) is 5.91 Å². The van der Waals surface area contributed by atoms with Crippen LogP contribution in [-0.4, -0.2) is 24.2 Å². The first-order chi connectivity index (χ1) is 16.8. The van der Waals surface area contributed by atoms with Crippen molar-refractivity contribution in [2.45, 2.75) is 18.0 Å². The molecular formula is C25H16F7NO3. The monoisotopic (exact) mass is 511 g/mol. The molecule has 0 aliphatic rings. The summed E-state index contributed by atoms with van der Waals surface area (Å²) in [5.74, 6) is -3.51. The van der Waals surface area contributed by atoms with Gasteiger partial charge in [-0.1, -0.05) is 42.5 Å². The number of halogens is 7. The first-order valence-corrected chi connectivity index (χ1v) is 10.1. The van der Waals surface area contributed by atoms with Crippen molar-refractivity contribution in [3.63, 3.8) is 0 Å². The van der Waals surface area contributed by atoms with Gasteiger partial charge in [0.15, 0.2) is 0 Å². The lowest BCUT2D eigenvalue weighted by atomic mass is 9.91. The largest absolute Gasteiger partial charge is 0.442 e. The van der Waals surface area contributed by atoms with Crippen LogP contribution in [0.1, 0.15) is 21.5 Å². The molecule has 4 nitrogen and oxygen atoms in total. The molecule has 11 heteroatoms. The number of alkyl halides is 6. The molecule has 0 unspecified atom stereocenters. The molecule has 0 radical (unpaired) electrons. The summed E-state index contributed by atoms with van der Waals surface area (Å²) in [6, 6.07) is 13.9. The minimum atomic E-state index is -6.12. The minimum absolute atomic E-state index is 0.107. The Hall–Kier alpha value is -4.15. The van der Waals surface area contributed by atoms with E-state index in [0.29, 0.717) is 42.0 Å². The Kier molecular flexibility index (Phi) is 7.51. The number of ether oxygens (including phenoxy) is 1. The molecule has 0 aliphatic heterocycles. The van der Waals surface area contributed by atoms with Crippen LogP contribution in [0, 0.1) is 5.82 Å². The lowest BCUT2D eigenvalue weighted by molar-refractivity contribution is -0.373. The molecule has 3 aromatic carbocycles. The van der Waals surface area contributed by atoms with E-state index < -0.39 is 46.8 Å². The van der Waals surface area contributed by atoms with Crippen LogP contribution >= 0.6 is 0 Å². The van der Waals surface area contributed by atoms with Crippen LogP contribution in [-0.2, 0) is 15.1 Å². The number of carbonyl (C=O) groups is 2. The molecule has 188 valence electrons. The van der Waals surface area contributed by atoms with Crippen LogP contribution in [0.5, 0.6) is 0 Å². The summed E-state index contributed by atoms with van der Waals surface area (Å²) in [5, 5.41) is 2.31. The fourth-order valence-electron chi connectivity index (χ4n) is 3.15. The smallest absolute Gasteiger partial charge is 0.431 e. The molecule has 0 fully saturated rings. The Bertz CT molecular complexity index is 1220. The highest BCUT2D eigenvalue weighted by Gasteiger charge is 2.75. The van der Waals surface area contributed by atoms with E-state index in [4.69, 9.17) is 0 Å². The maximum atomic E-state index is 13.9. The summed E-state index contributed by atoms with van der Waals surface area (Å²) in [6.45, 7) is 0. The van der Waals surface area contributed by atoms with Gasteiger partial charge in [-0.2, -0.15) is 26.3 Å². The fourth-order valence-corrected chi connectivity index (χ4v) is 3.15. The number of carbonyl (C=O) groups excluding carboxylic acids is 2. The Morgan fingerprint density at radius 1 is 0.750 bits per heavy atom. The molecule has 0 heterocycles. The quantitative estimate of drug-likeness (QED) is 0.229. The molecule has 1 N–H and O–H groups in total. The van der Waals surface area contributed by atoms with E-state index in [9.17, 15) is 40.3 Å². The summed E-state index contributed by atoms with van der Waals surface area (Å²) in [7, 11) is 0. The number of esters is 1. The lowest BCUT2D eigenvalue weighted by Crippen LogP contribution is -2.56. The summed E-state index contributed by atoms with van der Waals surface area (Å²) >= 11 is 0. The molecule has 0 aliphatic carbocycles.